The van der Waals surface area contributed by atoms with Crippen LogP contribution < -0.4 is 10.9 Å². The number of fused-ring (bicyclic) bond motifs is 2. The van der Waals surface area contributed by atoms with Crippen LogP contribution in [0.2, 0.25) is 0 Å². The molecular weight excluding hydrogens is 477 g/mol. The van der Waals surface area contributed by atoms with Gasteiger partial charge in [-0.1, -0.05) is 6.92 Å². The summed E-state index contributed by atoms with van der Waals surface area (Å²) in [6, 6.07) is 4.32. The first-order valence-electron chi connectivity index (χ1n) is 12.7. The topological polar surface area (TPSA) is 105 Å². The van der Waals surface area contributed by atoms with Gasteiger partial charge in [-0.25, -0.2) is 9.37 Å². The molecule has 2 aliphatic heterocycles. The average Bonchev–Trinajstić information content (AvgIpc) is 3.45. The maximum Gasteiger partial charge on any atom is 0.280 e. The molecule has 0 bridgehead atoms. The number of nitrogens with zero attached hydrogens (tertiary/aromatic N) is 6. The summed E-state index contributed by atoms with van der Waals surface area (Å²) in [5.74, 6) is -1.00. The second-order valence-electron chi connectivity index (χ2n) is 10.7. The molecule has 0 spiro atoms. The fraction of sp³-hybridized carbons (Fsp3) is 0.500. The quantitative estimate of drug-likeness (QED) is 0.567. The molecule has 10 nitrogen and oxygen atoms in total. The SMILES string of the molecule is CCc1cc2n(CC(=O)Nc3ccc(F)cn3)c3c(c(=O)n2n1)CN(C1CCN(C(C)(C)C)CC1)C3=O. The van der Waals surface area contributed by atoms with Crippen molar-refractivity contribution in [3.8, 4) is 0 Å². The number of rotatable bonds is 5. The minimum absolute atomic E-state index is 0.0158. The van der Waals surface area contributed by atoms with Gasteiger partial charge in [0.05, 0.1) is 24.0 Å². The first kappa shape index (κ1) is 25.1. The number of piperidine rings is 1. The van der Waals surface area contributed by atoms with Crippen LogP contribution in [-0.4, -0.2) is 65.4 Å². The van der Waals surface area contributed by atoms with Crippen LogP contribution in [-0.2, 0) is 24.3 Å². The highest BCUT2D eigenvalue weighted by molar-refractivity contribution is 5.98. The Morgan fingerprint density at radius 1 is 1.19 bits per heavy atom. The van der Waals surface area contributed by atoms with Gasteiger partial charge >= 0.3 is 0 Å². The van der Waals surface area contributed by atoms with Crippen molar-refractivity contribution >= 4 is 23.3 Å². The number of carbonyl (C=O) groups excluding carboxylic acids is 2. The summed E-state index contributed by atoms with van der Waals surface area (Å²) in [4.78, 5) is 48.3. The van der Waals surface area contributed by atoms with Crippen molar-refractivity contribution in [3.05, 3.63) is 57.5 Å². The Hall–Kier alpha value is -3.60. The lowest BCUT2D eigenvalue weighted by atomic mass is 9.97. The predicted molar refractivity (Wildman–Crippen MR) is 136 cm³/mol. The summed E-state index contributed by atoms with van der Waals surface area (Å²) in [5.41, 5.74) is 1.40. The molecule has 0 radical (unpaired) electrons. The predicted octanol–water partition coefficient (Wildman–Crippen LogP) is 2.45. The lowest BCUT2D eigenvalue weighted by molar-refractivity contribution is -0.116. The van der Waals surface area contributed by atoms with Crippen LogP contribution in [0.3, 0.4) is 0 Å². The van der Waals surface area contributed by atoms with E-state index < -0.39 is 11.7 Å². The highest BCUT2D eigenvalue weighted by atomic mass is 19.1. The summed E-state index contributed by atoms with van der Waals surface area (Å²) in [7, 11) is 0. The standard InChI is InChI=1S/C26H32FN7O3/c1-5-17-12-22-33(15-21(35)29-20-7-6-16(27)13-28-20)23-19(24(36)34(22)30-17)14-32(25(23)37)18-8-10-31(11-9-18)26(2,3)4/h6-7,12-13,18H,5,8-11,14-15H2,1-4H3,(H,28,29,35). The number of nitrogens with one attached hydrogen (secondary N) is 1. The molecule has 3 aromatic rings. The molecule has 5 rings (SSSR count). The molecule has 37 heavy (non-hydrogen) atoms. The molecule has 2 aliphatic rings. The molecule has 0 saturated carbocycles. The molecule has 1 N–H and O–H groups in total. The Balaban J connectivity index is 1.48. The molecule has 0 aliphatic carbocycles. The van der Waals surface area contributed by atoms with Crippen LogP contribution in [0.5, 0.6) is 0 Å². The summed E-state index contributed by atoms with van der Waals surface area (Å²) >= 11 is 0. The van der Waals surface area contributed by atoms with Gasteiger partial charge in [0.25, 0.3) is 11.5 Å². The summed E-state index contributed by atoms with van der Waals surface area (Å²) < 4.78 is 16.1. The molecule has 0 aromatic carbocycles. The Kier molecular flexibility index (Phi) is 6.35. The highest BCUT2D eigenvalue weighted by Gasteiger charge is 2.40. The van der Waals surface area contributed by atoms with E-state index in [-0.39, 0.29) is 47.6 Å². The molecule has 11 heteroatoms. The van der Waals surface area contributed by atoms with Crippen molar-refractivity contribution < 1.29 is 14.0 Å². The minimum atomic E-state index is -0.511. The van der Waals surface area contributed by atoms with Crippen molar-refractivity contribution in [2.75, 3.05) is 18.4 Å². The number of hydrogen-bond acceptors (Lipinski definition) is 6. The highest BCUT2D eigenvalue weighted by Crippen LogP contribution is 2.30. The van der Waals surface area contributed by atoms with Gasteiger partial charge in [-0.05, 0) is 52.2 Å². The Labute approximate surface area is 214 Å². The van der Waals surface area contributed by atoms with Gasteiger partial charge in [0, 0.05) is 30.7 Å². The fourth-order valence-electron chi connectivity index (χ4n) is 5.28. The van der Waals surface area contributed by atoms with Gasteiger partial charge in [0.1, 0.15) is 29.5 Å². The fourth-order valence-corrected chi connectivity index (χ4v) is 5.28. The van der Waals surface area contributed by atoms with Crippen molar-refractivity contribution in [1.82, 2.24) is 29.0 Å². The van der Waals surface area contributed by atoms with Crippen molar-refractivity contribution in [1.29, 1.82) is 0 Å². The first-order chi connectivity index (χ1) is 17.6. The van der Waals surface area contributed by atoms with E-state index in [1.54, 1.807) is 15.5 Å². The summed E-state index contributed by atoms with van der Waals surface area (Å²) in [6.07, 6.45) is 3.25. The monoisotopic (exact) mass is 509 g/mol. The van der Waals surface area contributed by atoms with Crippen LogP contribution in [0, 0.1) is 5.82 Å². The van der Waals surface area contributed by atoms with E-state index in [9.17, 15) is 18.8 Å². The molecule has 0 unspecified atom stereocenters. The van der Waals surface area contributed by atoms with E-state index in [1.807, 2.05) is 6.92 Å². The van der Waals surface area contributed by atoms with Gasteiger partial charge in [-0.2, -0.15) is 9.61 Å². The average molecular weight is 510 g/mol. The van der Waals surface area contributed by atoms with Crippen molar-refractivity contribution in [3.63, 3.8) is 0 Å². The molecule has 1 saturated heterocycles. The number of anilines is 1. The molecular formula is C26H32FN7O3. The zero-order valence-corrected chi connectivity index (χ0v) is 21.6. The molecule has 5 heterocycles. The zero-order chi connectivity index (χ0) is 26.5. The third kappa shape index (κ3) is 4.63. The maximum atomic E-state index is 13.8. The van der Waals surface area contributed by atoms with E-state index in [2.05, 4.69) is 41.1 Å². The summed E-state index contributed by atoms with van der Waals surface area (Å²) in [5, 5.41) is 7.07. The van der Waals surface area contributed by atoms with E-state index in [0.29, 0.717) is 23.3 Å². The molecule has 3 aromatic heterocycles. The number of hydrogen-bond donors (Lipinski definition) is 1. The van der Waals surface area contributed by atoms with Crippen LogP contribution in [0.4, 0.5) is 10.2 Å². The number of amides is 2. The number of halogens is 1. The largest absolute Gasteiger partial charge is 0.330 e. The van der Waals surface area contributed by atoms with E-state index in [1.165, 1.54) is 16.6 Å². The third-order valence-electron chi connectivity index (χ3n) is 7.33. The van der Waals surface area contributed by atoms with Crippen LogP contribution in [0.1, 0.15) is 62.3 Å². The molecule has 0 atom stereocenters. The molecule has 1 fully saturated rings. The first-order valence-corrected chi connectivity index (χ1v) is 12.7. The number of aryl methyl sites for hydroxylation is 1. The third-order valence-corrected chi connectivity index (χ3v) is 7.33. The van der Waals surface area contributed by atoms with Crippen LogP contribution in [0.15, 0.2) is 29.2 Å². The number of pyridine rings is 1. The van der Waals surface area contributed by atoms with Gasteiger partial charge < -0.3 is 14.8 Å². The normalized spacial score (nSPS) is 17.0. The van der Waals surface area contributed by atoms with E-state index in [0.717, 1.165) is 32.1 Å². The molecule has 196 valence electrons. The van der Waals surface area contributed by atoms with E-state index >= 15 is 0 Å². The van der Waals surface area contributed by atoms with Crippen LogP contribution in [0.25, 0.3) is 5.65 Å². The van der Waals surface area contributed by atoms with Crippen molar-refractivity contribution in [2.24, 2.45) is 0 Å². The lowest BCUT2D eigenvalue weighted by Gasteiger charge is -2.43. The Morgan fingerprint density at radius 3 is 2.54 bits per heavy atom. The smallest absolute Gasteiger partial charge is 0.280 e. The molecule has 2 amide bonds. The van der Waals surface area contributed by atoms with Gasteiger partial charge in [0.2, 0.25) is 5.91 Å². The minimum Gasteiger partial charge on any atom is -0.330 e. The van der Waals surface area contributed by atoms with E-state index in [4.69, 9.17) is 0 Å². The zero-order valence-electron chi connectivity index (χ0n) is 21.6. The maximum absolute atomic E-state index is 13.8. The van der Waals surface area contributed by atoms with Gasteiger partial charge in [-0.15, -0.1) is 0 Å². The second kappa shape index (κ2) is 9.37. The Morgan fingerprint density at radius 2 is 1.92 bits per heavy atom. The lowest BCUT2D eigenvalue weighted by Crippen LogP contribution is -2.51. The number of carbonyl (C=O) groups is 2. The van der Waals surface area contributed by atoms with Crippen molar-refractivity contribution in [2.45, 2.75) is 71.6 Å². The van der Waals surface area contributed by atoms with Crippen LogP contribution >= 0.6 is 0 Å². The summed E-state index contributed by atoms with van der Waals surface area (Å²) in [6.45, 7) is 10.2. The van der Waals surface area contributed by atoms with Gasteiger partial charge in [0.15, 0.2) is 0 Å². The Bertz CT molecular complexity index is 1410. The number of likely N-dealkylation sites (tertiary alicyclic amines) is 1. The second-order valence-corrected chi connectivity index (χ2v) is 10.7. The number of aromatic nitrogens is 4. The van der Waals surface area contributed by atoms with Gasteiger partial charge in [-0.3, -0.25) is 19.3 Å².